The van der Waals surface area contributed by atoms with Gasteiger partial charge in [-0.25, -0.2) is 4.79 Å². The molecule has 0 unspecified atom stereocenters. The van der Waals surface area contributed by atoms with Crippen molar-refractivity contribution >= 4 is 11.9 Å². The molecule has 180 valence electrons. The first kappa shape index (κ1) is 23.7. The first-order valence-electron chi connectivity index (χ1n) is 12.5. The molecule has 6 nitrogen and oxygen atoms in total. The van der Waals surface area contributed by atoms with Crippen LogP contribution < -0.4 is 0 Å². The molecule has 0 aromatic heterocycles. The molecule has 3 fully saturated rings. The van der Waals surface area contributed by atoms with E-state index in [1.54, 1.807) is 0 Å². The molecule has 0 aromatic rings. The van der Waals surface area contributed by atoms with Crippen LogP contribution in [0, 0.1) is 28.6 Å². The highest BCUT2D eigenvalue weighted by atomic mass is 16.7. The number of hydrogen-bond donors (Lipinski definition) is 0. The van der Waals surface area contributed by atoms with Crippen molar-refractivity contribution in [2.24, 2.45) is 28.6 Å². The van der Waals surface area contributed by atoms with Crippen LogP contribution in [-0.4, -0.2) is 43.7 Å². The van der Waals surface area contributed by atoms with Gasteiger partial charge in [-0.05, 0) is 43.1 Å². The van der Waals surface area contributed by atoms with Crippen LogP contribution in [0.25, 0.3) is 0 Å². The predicted molar refractivity (Wildman–Crippen MR) is 120 cm³/mol. The van der Waals surface area contributed by atoms with Gasteiger partial charge in [-0.2, -0.15) is 0 Å². The lowest BCUT2D eigenvalue weighted by Crippen LogP contribution is -2.49. The third kappa shape index (κ3) is 4.13. The summed E-state index contributed by atoms with van der Waals surface area (Å²) < 4.78 is 23.2. The van der Waals surface area contributed by atoms with Crippen LogP contribution in [0.3, 0.4) is 0 Å². The number of rotatable bonds is 7. The SMILES string of the molecule is CC(C)CCC[C@H](C)[C@@H]1CCC2=CC3(CC[C@]21C(=O)O[C@H]1C(=O)OCC1(C)C)OCCO3. The molecule has 0 bridgehead atoms. The monoisotopic (exact) mass is 448 g/mol. The van der Waals surface area contributed by atoms with Crippen molar-refractivity contribution < 1.29 is 28.5 Å². The van der Waals surface area contributed by atoms with E-state index in [0.29, 0.717) is 37.9 Å². The zero-order valence-corrected chi connectivity index (χ0v) is 20.4. The van der Waals surface area contributed by atoms with Crippen LogP contribution >= 0.6 is 0 Å². The van der Waals surface area contributed by atoms with Gasteiger partial charge in [0.2, 0.25) is 6.10 Å². The van der Waals surface area contributed by atoms with E-state index in [4.69, 9.17) is 18.9 Å². The van der Waals surface area contributed by atoms with E-state index in [9.17, 15) is 9.59 Å². The summed E-state index contributed by atoms with van der Waals surface area (Å²) in [6.45, 7) is 12.1. The van der Waals surface area contributed by atoms with E-state index < -0.39 is 28.7 Å². The summed E-state index contributed by atoms with van der Waals surface area (Å²) in [7, 11) is 0. The average Bonchev–Trinajstić information content (AvgIpc) is 3.41. The fourth-order valence-corrected chi connectivity index (χ4v) is 6.32. The van der Waals surface area contributed by atoms with Gasteiger partial charge < -0.3 is 18.9 Å². The fraction of sp³-hybridized carbons (Fsp3) is 0.846. The Bertz CT molecular complexity index is 762. The zero-order chi connectivity index (χ0) is 23.1. The van der Waals surface area contributed by atoms with Gasteiger partial charge in [0.1, 0.15) is 6.61 Å². The third-order valence-corrected chi connectivity index (χ3v) is 8.20. The van der Waals surface area contributed by atoms with Crippen LogP contribution in [0.2, 0.25) is 0 Å². The van der Waals surface area contributed by atoms with Gasteiger partial charge in [-0.15, -0.1) is 0 Å². The Morgan fingerprint density at radius 2 is 1.88 bits per heavy atom. The summed E-state index contributed by atoms with van der Waals surface area (Å²) in [5, 5.41) is 0. The van der Waals surface area contributed by atoms with Crippen molar-refractivity contribution in [2.75, 3.05) is 19.8 Å². The molecule has 0 N–H and O–H groups in total. The van der Waals surface area contributed by atoms with Crippen molar-refractivity contribution in [1.82, 2.24) is 0 Å². The van der Waals surface area contributed by atoms with E-state index in [1.165, 1.54) is 6.42 Å². The molecule has 2 heterocycles. The van der Waals surface area contributed by atoms with Crippen LogP contribution in [0.4, 0.5) is 0 Å². The van der Waals surface area contributed by atoms with Gasteiger partial charge in [-0.1, -0.05) is 59.5 Å². The van der Waals surface area contributed by atoms with Gasteiger partial charge in [0.05, 0.1) is 18.6 Å². The number of carbonyl (C=O) groups is 2. The van der Waals surface area contributed by atoms with E-state index in [2.05, 4.69) is 26.8 Å². The maximum absolute atomic E-state index is 13.9. The Morgan fingerprint density at radius 3 is 2.50 bits per heavy atom. The standard InChI is InChI=1S/C26H40O6/c1-17(2)7-6-8-18(3)20-10-9-19-15-25(30-13-14-31-25)11-12-26(19,20)23(28)32-21-22(27)29-16-24(21,4)5/h15,17-18,20-21H,6-14,16H2,1-5H3/t18-,20-,21-,26-/m0/s1. The summed E-state index contributed by atoms with van der Waals surface area (Å²) >= 11 is 0. The molecule has 2 aliphatic carbocycles. The topological polar surface area (TPSA) is 71.1 Å². The van der Waals surface area contributed by atoms with Crippen molar-refractivity contribution in [2.45, 2.75) is 91.5 Å². The highest BCUT2D eigenvalue weighted by Gasteiger charge is 2.60. The number of cyclic esters (lactones) is 1. The number of hydrogen-bond acceptors (Lipinski definition) is 6. The van der Waals surface area contributed by atoms with Crippen LogP contribution in [0.15, 0.2) is 11.6 Å². The molecule has 0 aromatic carbocycles. The molecule has 4 atom stereocenters. The minimum absolute atomic E-state index is 0.202. The number of esters is 2. The molecule has 0 amide bonds. The molecule has 0 radical (unpaired) electrons. The van der Waals surface area contributed by atoms with Gasteiger partial charge in [0.15, 0.2) is 5.79 Å². The fourth-order valence-electron chi connectivity index (χ4n) is 6.32. The van der Waals surface area contributed by atoms with Gasteiger partial charge in [-0.3, -0.25) is 4.79 Å². The predicted octanol–water partition coefficient (Wildman–Crippen LogP) is 4.80. The Labute approximate surface area is 192 Å². The smallest absolute Gasteiger partial charge is 0.348 e. The Hall–Kier alpha value is -1.40. The summed E-state index contributed by atoms with van der Waals surface area (Å²) in [6, 6.07) is 0. The third-order valence-electron chi connectivity index (χ3n) is 8.20. The van der Waals surface area contributed by atoms with Gasteiger partial charge in [0.25, 0.3) is 0 Å². The van der Waals surface area contributed by atoms with Crippen LogP contribution in [0.1, 0.15) is 79.6 Å². The van der Waals surface area contributed by atoms with Crippen LogP contribution in [-0.2, 0) is 28.5 Å². The number of carbonyl (C=O) groups excluding carboxylic acids is 2. The summed E-state index contributed by atoms with van der Waals surface area (Å²) in [5.41, 5.74) is -0.130. The second-order valence-corrected chi connectivity index (χ2v) is 11.5. The molecule has 4 aliphatic rings. The van der Waals surface area contributed by atoms with Crippen molar-refractivity contribution in [3.63, 3.8) is 0 Å². The highest BCUT2D eigenvalue weighted by Crippen LogP contribution is 2.59. The molecule has 1 saturated carbocycles. The molecular formula is C26H40O6. The number of ether oxygens (including phenoxy) is 4. The lowest BCUT2D eigenvalue weighted by atomic mass is 9.63. The Kier molecular flexibility index (Phi) is 6.49. The second kappa shape index (κ2) is 8.75. The van der Waals surface area contributed by atoms with Crippen molar-refractivity contribution in [3.8, 4) is 0 Å². The first-order chi connectivity index (χ1) is 15.1. The van der Waals surface area contributed by atoms with E-state index in [0.717, 1.165) is 31.3 Å². The normalized spacial score (nSPS) is 33.8. The van der Waals surface area contributed by atoms with E-state index >= 15 is 0 Å². The quantitative estimate of drug-likeness (QED) is 0.411. The number of fused-ring (bicyclic) bond motifs is 1. The molecule has 6 heteroatoms. The molecule has 32 heavy (non-hydrogen) atoms. The largest absolute Gasteiger partial charge is 0.462 e. The molecular weight excluding hydrogens is 408 g/mol. The van der Waals surface area contributed by atoms with Gasteiger partial charge in [0, 0.05) is 11.8 Å². The van der Waals surface area contributed by atoms with Crippen molar-refractivity contribution in [1.29, 1.82) is 0 Å². The van der Waals surface area contributed by atoms with Gasteiger partial charge >= 0.3 is 11.9 Å². The minimum atomic E-state index is -0.849. The molecule has 4 rings (SSSR count). The molecule has 1 spiro atoms. The minimum Gasteiger partial charge on any atom is -0.462 e. The van der Waals surface area contributed by atoms with Crippen LogP contribution in [0.5, 0.6) is 0 Å². The maximum atomic E-state index is 13.9. The summed E-state index contributed by atoms with van der Waals surface area (Å²) in [5.74, 6) is -0.100. The lowest BCUT2D eigenvalue weighted by molar-refractivity contribution is -0.178. The Morgan fingerprint density at radius 1 is 1.16 bits per heavy atom. The summed E-state index contributed by atoms with van der Waals surface area (Å²) in [4.78, 5) is 26.3. The zero-order valence-electron chi connectivity index (χ0n) is 20.4. The second-order valence-electron chi connectivity index (χ2n) is 11.5. The maximum Gasteiger partial charge on any atom is 0.348 e. The molecule has 2 aliphatic heterocycles. The first-order valence-corrected chi connectivity index (χ1v) is 12.5. The average molecular weight is 449 g/mol. The van der Waals surface area contributed by atoms with E-state index in [1.807, 2.05) is 13.8 Å². The highest BCUT2D eigenvalue weighted by molar-refractivity contribution is 5.87. The molecule has 2 saturated heterocycles. The van der Waals surface area contributed by atoms with Crippen molar-refractivity contribution in [3.05, 3.63) is 11.6 Å². The summed E-state index contributed by atoms with van der Waals surface area (Å²) in [6.07, 6.45) is 7.77. The van der Waals surface area contributed by atoms with E-state index in [-0.39, 0.29) is 18.5 Å². The lowest BCUT2D eigenvalue weighted by Gasteiger charge is -2.44. The Balaban J connectivity index is 1.62.